The van der Waals surface area contributed by atoms with Crippen molar-refractivity contribution in [1.82, 2.24) is 4.98 Å². The van der Waals surface area contributed by atoms with Crippen LogP contribution in [-0.2, 0) is 4.74 Å². The Bertz CT molecular complexity index is 421. The summed E-state index contributed by atoms with van der Waals surface area (Å²) < 4.78 is 5.90. The highest BCUT2D eigenvalue weighted by Gasteiger charge is 2.20. The molecule has 1 aliphatic rings. The summed E-state index contributed by atoms with van der Waals surface area (Å²) in [7, 11) is 0. The molecule has 1 aliphatic heterocycles. The Morgan fingerprint density at radius 2 is 2.47 bits per heavy atom. The number of hydrogen-bond donors (Lipinski definition) is 1. The number of nitrogens with one attached hydrogen (secondary N) is 1. The van der Waals surface area contributed by atoms with E-state index in [4.69, 9.17) is 4.74 Å². The van der Waals surface area contributed by atoms with Crippen LogP contribution in [-0.4, -0.2) is 29.2 Å². The fourth-order valence-corrected chi connectivity index (χ4v) is 2.05. The molecule has 1 fully saturated rings. The van der Waals surface area contributed by atoms with Crippen LogP contribution in [0.15, 0.2) is 16.7 Å². The number of ether oxygens (including phenoxy) is 1. The molecule has 0 aromatic carbocycles. The summed E-state index contributed by atoms with van der Waals surface area (Å²) in [5, 5.41) is 13.9. The van der Waals surface area contributed by atoms with Gasteiger partial charge in [0.1, 0.15) is 0 Å². The molecule has 0 radical (unpaired) electrons. The molecule has 1 aromatic heterocycles. The molecule has 2 heterocycles. The molecule has 0 unspecified atom stereocenters. The zero-order valence-corrected chi connectivity index (χ0v) is 10.6. The van der Waals surface area contributed by atoms with E-state index in [0.29, 0.717) is 16.9 Å². The molecular weight excluding hydrogens is 290 g/mol. The van der Waals surface area contributed by atoms with Gasteiger partial charge in [-0.2, -0.15) is 0 Å². The van der Waals surface area contributed by atoms with Crippen molar-refractivity contribution in [3.63, 3.8) is 0 Å². The minimum Gasteiger partial charge on any atom is -0.379 e. The van der Waals surface area contributed by atoms with Gasteiger partial charge in [-0.15, -0.1) is 0 Å². The van der Waals surface area contributed by atoms with Gasteiger partial charge in [-0.1, -0.05) is 0 Å². The summed E-state index contributed by atoms with van der Waals surface area (Å²) in [6, 6.07) is 1.54. The van der Waals surface area contributed by atoms with Crippen LogP contribution < -0.4 is 5.32 Å². The Morgan fingerprint density at radius 1 is 1.65 bits per heavy atom. The number of halogens is 1. The molecule has 0 spiro atoms. The summed E-state index contributed by atoms with van der Waals surface area (Å²) in [6.45, 7) is 1.32. The number of nitro groups is 1. The monoisotopic (exact) mass is 301 g/mol. The zero-order chi connectivity index (χ0) is 12.3. The van der Waals surface area contributed by atoms with E-state index < -0.39 is 4.92 Å². The van der Waals surface area contributed by atoms with Crippen LogP contribution in [0, 0.1) is 10.1 Å². The Morgan fingerprint density at radius 3 is 3.12 bits per heavy atom. The average Bonchev–Trinajstić information content (AvgIpc) is 2.32. The van der Waals surface area contributed by atoms with Gasteiger partial charge in [-0.05, 0) is 28.8 Å². The average molecular weight is 302 g/mol. The lowest BCUT2D eigenvalue weighted by Gasteiger charge is -2.23. The number of hydrogen-bond acceptors (Lipinski definition) is 5. The summed E-state index contributed by atoms with van der Waals surface area (Å²) in [4.78, 5) is 14.5. The highest BCUT2D eigenvalue weighted by molar-refractivity contribution is 9.10. The molecule has 1 aromatic rings. The molecular formula is C10H12BrN3O3. The zero-order valence-electron chi connectivity index (χ0n) is 9.06. The lowest BCUT2D eigenvalue weighted by molar-refractivity contribution is -0.384. The topological polar surface area (TPSA) is 77.3 Å². The van der Waals surface area contributed by atoms with Crippen LogP contribution in [0.5, 0.6) is 0 Å². The summed E-state index contributed by atoms with van der Waals surface area (Å²) in [5.74, 6) is 0.300. The van der Waals surface area contributed by atoms with Crippen molar-refractivity contribution < 1.29 is 9.66 Å². The van der Waals surface area contributed by atoms with Crippen LogP contribution in [0.3, 0.4) is 0 Å². The number of anilines is 1. The molecule has 7 heteroatoms. The van der Waals surface area contributed by atoms with E-state index in [2.05, 4.69) is 26.2 Å². The van der Waals surface area contributed by atoms with E-state index >= 15 is 0 Å². The van der Waals surface area contributed by atoms with E-state index in [9.17, 15) is 10.1 Å². The Hall–Kier alpha value is -1.21. The Kier molecular flexibility index (Phi) is 3.90. The van der Waals surface area contributed by atoms with Crippen molar-refractivity contribution in [3.8, 4) is 0 Å². The third-order valence-electron chi connectivity index (χ3n) is 2.53. The number of pyridine rings is 1. The van der Waals surface area contributed by atoms with E-state index in [1.54, 1.807) is 6.20 Å². The van der Waals surface area contributed by atoms with Gasteiger partial charge >= 0.3 is 5.69 Å². The first-order valence-corrected chi connectivity index (χ1v) is 6.10. The normalized spacial score (nSPS) is 19.9. The molecule has 0 saturated carbocycles. The first-order valence-electron chi connectivity index (χ1n) is 5.31. The van der Waals surface area contributed by atoms with E-state index in [-0.39, 0.29) is 11.7 Å². The fourth-order valence-electron chi connectivity index (χ4n) is 1.73. The molecule has 0 bridgehead atoms. The number of aromatic nitrogens is 1. The molecule has 1 N–H and O–H groups in total. The van der Waals surface area contributed by atoms with Crippen LogP contribution in [0.2, 0.25) is 0 Å². The minimum atomic E-state index is -0.441. The Balaban J connectivity index is 2.16. The SMILES string of the molecule is O=[N+]([O-])c1cc(Br)cnc1N[C@H]1CCCOC1. The number of nitrogens with zero attached hydrogens (tertiary/aromatic N) is 2. The van der Waals surface area contributed by atoms with Crippen molar-refractivity contribution >= 4 is 27.4 Å². The van der Waals surface area contributed by atoms with Crippen LogP contribution >= 0.6 is 15.9 Å². The van der Waals surface area contributed by atoms with Gasteiger partial charge in [0, 0.05) is 23.3 Å². The Labute approximate surface area is 107 Å². The molecule has 92 valence electrons. The second-order valence-electron chi connectivity index (χ2n) is 3.84. The quantitative estimate of drug-likeness (QED) is 0.685. The lowest BCUT2D eigenvalue weighted by Crippen LogP contribution is -2.30. The summed E-state index contributed by atoms with van der Waals surface area (Å²) in [6.07, 6.45) is 3.44. The van der Waals surface area contributed by atoms with Crippen molar-refractivity contribution in [2.75, 3.05) is 18.5 Å². The van der Waals surface area contributed by atoms with Gasteiger partial charge in [0.25, 0.3) is 0 Å². The van der Waals surface area contributed by atoms with E-state index in [1.807, 2.05) is 0 Å². The smallest absolute Gasteiger partial charge is 0.312 e. The second-order valence-corrected chi connectivity index (χ2v) is 4.75. The van der Waals surface area contributed by atoms with Gasteiger partial charge in [-0.25, -0.2) is 4.98 Å². The van der Waals surface area contributed by atoms with Crippen molar-refractivity contribution in [3.05, 3.63) is 26.9 Å². The van der Waals surface area contributed by atoms with Crippen LogP contribution in [0.1, 0.15) is 12.8 Å². The predicted octanol–water partition coefficient (Wildman–Crippen LogP) is 2.34. The van der Waals surface area contributed by atoms with Gasteiger partial charge in [0.05, 0.1) is 17.6 Å². The fraction of sp³-hybridized carbons (Fsp3) is 0.500. The standard InChI is InChI=1S/C10H12BrN3O3/c11-7-4-9(14(15)16)10(12-5-7)13-8-2-1-3-17-6-8/h4-5,8H,1-3,6H2,(H,12,13)/t8-/m0/s1. The van der Waals surface area contributed by atoms with E-state index in [0.717, 1.165) is 19.4 Å². The largest absolute Gasteiger partial charge is 0.379 e. The third kappa shape index (κ3) is 3.13. The second kappa shape index (κ2) is 5.42. The van der Waals surface area contributed by atoms with Crippen molar-refractivity contribution in [1.29, 1.82) is 0 Å². The van der Waals surface area contributed by atoms with Crippen molar-refractivity contribution in [2.45, 2.75) is 18.9 Å². The lowest BCUT2D eigenvalue weighted by atomic mass is 10.1. The predicted molar refractivity (Wildman–Crippen MR) is 66.1 cm³/mol. The molecule has 17 heavy (non-hydrogen) atoms. The third-order valence-corrected chi connectivity index (χ3v) is 2.97. The first kappa shape index (κ1) is 12.3. The molecule has 1 saturated heterocycles. The molecule has 0 amide bonds. The first-order chi connectivity index (χ1) is 8.16. The maximum Gasteiger partial charge on any atom is 0.312 e. The summed E-state index contributed by atoms with van der Waals surface area (Å²) in [5.41, 5.74) is -0.0232. The molecule has 2 rings (SSSR count). The maximum absolute atomic E-state index is 10.9. The highest BCUT2D eigenvalue weighted by atomic mass is 79.9. The summed E-state index contributed by atoms with van der Waals surface area (Å²) >= 11 is 3.17. The van der Waals surface area contributed by atoms with Crippen LogP contribution in [0.4, 0.5) is 11.5 Å². The van der Waals surface area contributed by atoms with Crippen molar-refractivity contribution in [2.24, 2.45) is 0 Å². The van der Waals surface area contributed by atoms with E-state index in [1.165, 1.54) is 6.07 Å². The molecule has 0 aliphatic carbocycles. The molecule has 1 atom stereocenters. The highest BCUT2D eigenvalue weighted by Crippen LogP contribution is 2.26. The van der Waals surface area contributed by atoms with Gasteiger partial charge in [-0.3, -0.25) is 10.1 Å². The van der Waals surface area contributed by atoms with Gasteiger partial charge in [0.15, 0.2) is 0 Å². The van der Waals surface area contributed by atoms with Gasteiger partial charge < -0.3 is 10.1 Å². The molecule has 6 nitrogen and oxygen atoms in total. The maximum atomic E-state index is 10.9. The van der Waals surface area contributed by atoms with Gasteiger partial charge in [0.2, 0.25) is 5.82 Å². The van der Waals surface area contributed by atoms with Crippen LogP contribution in [0.25, 0.3) is 0 Å². The minimum absolute atomic E-state index is 0.0232. The number of rotatable bonds is 3.